The predicted molar refractivity (Wildman–Crippen MR) is 122 cm³/mol. The molecule has 0 aliphatic carbocycles. The van der Waals surface area contributed by atoms with Gasteiger partial charge in [0.1, 0.15) is 15.7 Å². The second-order valence-corrected chi connectivity index (χ2v) is 10.0. The van der Waals surface area contributed by atoms with Crippen molar-refractivity contribution in [1.82, 2.24) is 4.31 Å². The van der Waals surface area contributed by atoms with Crippen molar-refractivity contribution in [3.05, 3.63) is 93.5 Å². The fourth-order valence-corrected chi connectivity index (χ4v) is 5.86. The number of halogens is 2. The number of hydrogen-bond donors (Lipinski definition) is 1. The van der Waals surface area contributed by atoms with Gasteiger partial charge in [-0.05, 0) is 17.2 Å². The molecule has 1 atom stereocenters. The van der Waals surface area contributed by atoms with E-state index < -0.39 is 22.1 Å². The minimum Gasteiger partial charge on any atom is -0.478 e. The SMILES string of the molecule is O=C(O)C1Cc2cc(S(=O)(=O)N(Cc3ccccc3)Cc3ccccc3)c(Cl)c(Cl)c2O1. The lowest BCUT2D eigenvalue weighted by atomic mass is 10.1. The lowest BCUT2D eigenvalue weighted by Crippen LogP contribution is -2.30. The van der Waals surface area contributed by atoms with Crippen LogP contribution in [0.1, 0.15) is 16.7 Å². The van der Waals surface area contributed by atoms with Gasteiger partial charge in [0.2, 0.25) is 10.0 Å². The van der Waals surface area contributed by atoms with Gasteiger partial charge in [0.15, 0.2) is 6.10 Å². The van der Waals surface area contributed by atoms with Gasteiger partial charge >= 0.3 is 5.97 Å². The predicted octanol–water partition coefficient (Wildman–Crippen LogP) is 4.77. The summed E-state index contributed by atoms with van der Waals surface area (Å²) in [6, 6.07) is 19.8. The molecule has 1 aliphatic heterocycles. The number of hydrogen-bond acceptors (Lipinski definition) is 4. The lowest BCUT2D eigenvalue weighted by molar-refractivity contribution is -0.144. The second-order valence-electron chi connectivity index (χ2n) is 7.38. The van der Waals surface area contributed by atoms with E-state index in [2.05, 4.69) is 0 Å². The third-order valence-corrected chi connectivity index (χ3v) is 7.95. The summed E-state index contributed by atoms with van der Waals surface area (Å²) in [6.07, 6.45) is -1.14. The number of ether oxygens (including phenoxy) is 1. The van der Waals surface area contributed by atoms with Crippen molar-refractivity contribution in [3.8, 4) is 5.75 Å². The molecule has 0 spiro atoms. The zero-order chi connectivity index (χ0) is 22.9. The van der Waals surface area contributed by atoms with Crippen LogP contribution in [0, 0.1) is 0 Å². The molecule has 3 aromatic carbocycles. The molecule has 166 valence electrons. The van der Waals surface area contributed by atoms with Gasteiger partial charge in [-0.1, -0.05) is 83.9 Å². The smallest absolute Gasteiger partial charge is 0.345 e. The van der Waals surface area contributed by atoms with Crippen molar-refractivity contribution in [2.45, 2.75) is 30.5 Å². The zero-order valence-corrected chi connectivity index (χ0v) is 19.1. The van der Waals surface area contributed by atoms with Gasteiger partial charge in [0, 0.05) is 25.1 Å². The van der Waals surface area contributed by atoms with E-state index in [0.717, 1.165) is 11.1 Å². The van der Waals surface area contributed by atoms with E-state index in [-0.39, 0.29) is 40.2 Å². The topological polar surface area (TPSA) is 83.9 Å². The number of carboxylic acid groups (broad SMARTS) is 1. The average molecular weight is 492 g/mol. The molecule has 0 bridgehead atoms. The summed E-state index contributed by atoms with van der Waals surface area (Å²) >= 11 is 12.7. The highest BCUT2D eigenvalue weighted by atomic mass is 35.5. The molecule has 0 amide bonds. The maximum Gasteiger partial charge on any atom is 0.345 e. The number of rotatable bonds is 7. The molecule has 3 aromatic rings. The molecule has 0 radical (unpaired) electrons. The van der Waals surface area contributed by atoms with E-state index in [4.69, 9.17) is 27.9 Å². The van der Waals surface area contributed by atoms with E-state index in [1.165, 1.54) is 10.4 Å². The Morgan fingerprint density at radius 1 is 0.969 bits per heavy atom. The van der Waals surface area contributed by atoms with Crippen molar-refractivity contribution < 1.29 is 23.1 Å². The first-order valence-electron chi connectivity index (χ1n) is 9.75. The average Bonchev–Trinajstić information content (AvgIpc) is 3.22. The summed E-state index contributed by atoms with van der Waals surface area (Å²) in [5, 5.41) is 8.97. The third kappa shape index (κ3) is 4.47. The Morgan fingerprint density at radius 2 is 1.50 bits per heavy atom. The summed E-state index contributed by atoms with van der Waals surface area (Å²) < 4.78 is 34.2. The van der Waals surface area contributed by atoms with Gasteiger partial charge < -0.3 is 9.84 Å². The molecular formula is C23H19Cl2NO5S. The van der Waals surface area contributed by atoms with Crippen LogP contribution in [0.5, 0.6) is 5.75 Å². The van der Waals surface area contributed by atoms with E-state index in [1.807, 2.05) is 60.7 Å². The van der Waals surface area contributed by atoms with Crippen molar-refractivity contribution >= 4 is 39.2 Å². The molecule has 0 saturated carbocycles. The first kappa shape index (κ1) is 22.6. The molecule has 0 aromatic heterocycles. The van der Waals surface area contributed by atoms with Crippen LogP contribution in [-0.2, 0) is 34.3 Å². The second kappa shape index (κ2) is 9.11. The Kier molecular flexibility index (Phi) is 6.44. The number of fused-ring (bicyclic) bond motifs is 1. The minimum absolute atomic E-state index is 0.00143. The highest BCUT2D eigenvalue weighted by molar-refractivity contribution is 7.89. The van der Waals surface area contributed by atoms with Gasteiger partial charge in [0.25, 0.3) is 0 Å². The summed E-state index contributed by atoms with van der Waals surface area (Å²) in [6.45, 7) is 0.245. The van der Waals surface area contributed by atoms with Crippen molar-refractivity contribution in [1.29, 1.82) is 0 Å². The van der Waals surface area contributed by atoms with E-state index >= 15 is 0 Å². The first-order chi connectivity index (χ1) is 15.3. The molecule has 4 rings (SSSR count). The summed E-state index contributed by atoms with van der Waals surface area (Å²) in [7, 11) is -4.10. The number of carbonyl (C=O) groups is 1. The maximum atomic E-state index is 13.8. The van der Waals surface area contributed by atoms with Crippen molar-refractivity contribution in [3.63, 3.8) is 0 Å². The quantitative estimate of drug-likeness (QED) is 0.514. The molecule has 1 heterocycles. The van der Waals surface area contributed by atoms with Crippen LogP contribution < -0.4 is 4.74 Å². The number of aliphatic carboxylic acids is 1. The molecule has 0 fully saturated rings. The van der Waals surface area contributed by atoms with Gasteiger partial charge in [-0.25, -0.2) is 13.2 Å². The van der Waals surface area contributed by atoms with Gasteiger partial charge in [-0.15, -0.1) is 0 Å². The fraction of sp³-hybridized carbons (Fsp3) is 0.174. The van der Waals surface area contributed by atoms with Gasteiger partial charge in [0.05, 0.1) is 5.02 Å². The largest absolute Gasteiger partial charge is 0.478 e. The molecule has 0 saturated heterocycles. The van der Waals surface area contributed by atoms with Crippen LogP contribution in [-0.4, -0.2) is 29.9 Å². The molecule has 1 unspecified atom stereocenters. The zero-order valence-electron chi connectivity index (χ0n) is 16.7. The van der Waals surface area contributed by atoms with Crippen LogP contribution >= 0.6 is 23.2 Å². The van der Waals surface area contributed by atoms with Crippen LogP contribution in [0.4, 0.5) is 0 Å². The number of nitrogens with zero attached hydrogens (tertiary/aromatic N) is 1. The van der Waals surface area contributed by atoms with Gasteiger partial charge in [-0.3, -0.25) is 0 Å². The van der Waals surface area contributed by atoms with Gasteiger partial charge in [-0.2, -0.15) is 4.31 Å². The highest BCUT2D eigenvalue weighted by Gasteiger charge is 2.36. The van der Waals surface area contributed by atoms with E-state index in [1.54, 1.807) is 0 Å². The maximum absolute atomic E-state index is 13.8. The monoisotopic (exact) mass is 491 g/mol. The van der Waals surface area contributed by atoms with Crippen molar-refractivity contribution in [2.24, 2.45) is 0 Å². The molecule has 9 heteroatoms. The molecule has 1 aliphatic rings. The van der Waals surface area contributed by atoms with Crippen LogP contribution in [0.25, 0.3) is 0 Å². The summed E-state index contributed by atoms with van der Waals surface area (Å²) in [5.41, 5.74) is 2.01. The minimum atomic E-state index is -4.10. The summed E-state index contributed by atoms with van der Waals surface area (Å²) in [5.74, 6) is -1.05. The number of sulfonamides is 1. The molecule has 1 N–H and O–H groups in total. The third-order valence-electron chi connectivity index (χ3n) is 5.17. The van der Waals surface area contributed by atoms with E-state index in [9.17, 15) is 18.3 Å². The Balaban J connectivity index is 1.77. The van der Waals surface area contributed by atoms with Crippen LogP contribution in [0.3, 0.4) is 0 Å². The van der Waals surface area contributed by atoms with Crippen LogP contribution in [0.2, 0.25) is 10.0 Å². The first-order valence-corrected chi connectivity index (χ1v) is 12.0. The molecule has 6 nitrogen and oxygen atoms in total. The Labute approximate surface area is 196 Å². The number of benzene rings is 3. The fourth-order valence-electron chi connectivity index (χ4n) is 3.56. The molecular weight excluding hydrogens is 473 g/mol. The van der Waals surface area contributed by atoms with Crippen LogP contribution in [0.15, 0.2) is 71.6 Å². The Bertz CT molecular complexity index is 1210. The highest BCUT2D eigenvalue weighted by Crippen LogP contribution is 2.44. The normalized spacial score (nSPS) is 15.4. The van der Waals surface area contributed by atoms with E-state index in [0.29, 0.717) is 5.56 Å². The molecule has 32 heavy (non-hydrogen) atoms. The standard InChI is InChI=1S/C23H19Cl2NO5S/c24-20-19(12-17-11-18(23(27)28)31-22(17)21(20)25)32(29,30)26(13-15-7-3-1-4-8-15)14-16-9-5-2-6-10-16/h1-10,12,18H,11,13-14H2,(H,27,28). The summed E-state index contributed by atoms with van der Waals surface area (Å²) in [4.78, 5) is 11.2. The Hall–Kier alpha value is -2.58. The Morgan fingerprint density at radius 3 is 2.00 bits per heavy atom. The lowest BCUT2D eigenvalue weighted by Gasteiger charge is -2.24. The number of carboxylic acids is 1. The van der Waals surface area contributed by atoms with Crippen molar-refractivity contribution in [2.75, 3.05) is 0 Å².